The van der Waals surface area contributed by atoms with Gasteiger partial charge in [0.25, 0.3) is 5.69 Å². The molecule has 1 aliphatic rings. The Bertz CT molecular complexity index is 650. The van der Waals surface area contributed by atoms with Gasteiger partial charge >= 0.3 is 0 Å². The molecular formula is C12H16FN3O4S. The van der Waals surface area contributed by atoms with E-state index >= 15 is 0 Å². The highest BCUT2D eigenvalue weighted by atomic mass is 32.2. The lowest BCUT2D eigenvalue weighted by molar-refractivity contribution is -0.385. The number of sulfonamides is 1. The van der Waals surface area contributed by atoms with Crippen molar-refractivity contribution in [1.82, 2.24) is 0 Å². The molecule has 1 aliphatic heterocycles. The average molecular weight is 317 g/mol. The lowest BCUT2D eigenvalue weighted by Crippen LogP contribution is -2.39. The fraction of sp³-hybridized carbons (Fsp3) is 0.500. The van der Waals surface area contributed by atoms with Crippen molar-refractivity contribution < 1.29 is 17.7 Å². The normalized spacial score (nSPS) is 19.5. The quantitative estimate of drug-likeness (QED) is 0.664. The number of halogens is 1. The summed E-state index contributed by atoms with van der Waals surface area (Å²) in [7, 11) is -3.57. The third-order valence-corrected chi connectivity index (χ3v) is 4.41. The Morgan fingerprint density at radius 2 is 2.19 bits per heavy atom. The Kier molecular flexibility index (Phi) is 4.43. The number of piperidine rings is 1. The van der Waals surface area contributed by atoms with Crippen molar-refractivity contribution in [2.45, 2.75) is 12.8 Å². The van der Waals surface area contributed by atoms with Gasteiger partial charge < -0.3 is 4.90 Å². The molecular weight excluding hydrogens is 301 g/mol. The Morgan fingerprint density at radius 3 is 2.76 bits per heavy atom. The summed E-state index contributed by atoms with van der Waals surface area (Å²) in [5.41, 5.74) is -0.0611. The van der Waals surface area contributed by atoms with Gasteiger partial charge in [-0.1, -0.05) is 0 Å². The van der Waals surface area contributed by atoms with E-state index in [9.17, 15) is 22.9 Å². The Morgan fingerprint density at radius 1 is 1.48 bits per heavy atom. The van der Waals surface area contributed by atoms with E-state index < -0.39 is 20.8 Å². The van der Waals surface area contributed by atoms with Crippen LogP contribution in [0.2, 0.25) is 0 Å². The fourth-order valence-electron chi connectivity index (χ4n) is 2.61. The van der Waals surface area contributed by atoms with Gasteiger partial charge in [0.2, 0.25) is 10.0 Å². The fourth-order valence-corrected chi connectivity index (χ4v) is 3.54. The van der Waals surface area contributed by atoms with E-state index in [-0.39, 0.29) is 23.0 Å². The highest BCUT2D eigenvalue weighted by Gasteiger charge is 2.25. The molecule has 1 fully saturated rings. The summed E-state index contributed by atoms with van der Waals surface area (Å²) in [5, 5.41) is 15.6. The largest absolute Gasteiger partial charge is 0.369 e. The molecule has 9 heteroatoms. The second-order valence-electron chi connectivity index (χ2n) is 5.18. The van der Waals surface area contributed by atoms with Crippen LogP contribution < -0.4 is 10.0 Å². The maximum Gasteiger partial charge on any atom is 0.272 e. The maximum absolute atomic E-state index is 14.0. The Balaban J connectivity index is 2.16. The topological polar surface area (TPSA) is 107 Å². The van der Waals surface area contributed by atoms with Crippen LogP contribution in [0.15, 0.2) is 18.2 Å². The Labute approximate surface area is 121 Å². The van der Waals surface area contributed by atoms with Crippen LogP contribution in [0.5, 0.6) is 0 Å². The number of primary sulfonamides is 1. The van der Waals surface area contributed by atoms with Gasteiger partial charge in [0.05, 0.1) is 22.4 Å². The molecule has 0 amide bonds. The first-order valence-corrected chi connectivity index (χ1v) is 8.17. The van der Waals surface area contributed by atoms with Gasteiger partial charge in [-0.05, 0) is 24.8 Å². The molecule has 0 radical (unpaired) electrons. The molecule has 1 atom stereocenters. The van der Waals surface area contributed by atoms with Crippen LogP contribution in [0.1, 0.15) is 12.8 Å². The molecule has 0 bridgehead atoms. The number of nitrogens with two attached hydrogens (primary N) is 1. The zero-order valence-corrected chi connectivity index (χ0v) is 12.1. The number of nitrogens with zero attached hydrogens (tertiary/aromatic N) is 2. The molecule has 1 heterocycles. The van der Waals surface area contributed by atoms with Crippen molar-refractivity contribution in [2.75, 3.05) is 23.7 Å². The number of nitro benzene ring substituents is 1. The van der Waals surface area contributed by atoms with Gasteiger partial charge in [0, 0.05) is 19.2 Å². The minimum atomic E-state index is -3.57. The highest BCUT2D eigenvalue weighted by Crippen LogP contribution is 2.28. The molecule has 1 aromatic rings. The molecule has 2 N–H and O–H groups in total. The minimum absolute atomic E-state index is 0.141. The first kappa shape index (κ1) is 15.6. The van der Waals surface area contributed by atoms with E-state index in [2.05, 4.69) is 0 Å². The van der Waals surface area contributed by atoms with Crippen LogP contribution in [-0.2, 0) is 10.0 Å². The van der Waals surface area contributed by atoms with Crippen LogP contribution in [-0.4, -0.2) is 32.2 Å². The summed E-state index contributed by atoms with van der Waals surface area (Å²) in [6, 6.07) is 3.47. The summed E-state index contributed by atoms with van der Waals surface area (Å²) in [5.74, 6) is -0.984. The van der Waals surface area contributed by atoms with Crippen molar-refractivity contribution in [3.8, 4) is 0 Å². The van der Waals surface area contributed by atoms with Gasteiger partial charge in [-0.15, -0.1) is 0 Å². The number of benzene rings is 1. The summed E-state index contributed by atoms with van der Waals surface area (Å²) >= 11 is 0. The first-order valence-electron chi connectivity index (χ1n) is 6.45. The number of anilines is 1. The monoisotopic (exact) mass is 317 g/mol. The predicted molar refractivity (Wildman–Crippen MR) is 76.0 cm³/mol. The molecule has 0 aromatic heterocycles. The average Bonchev–Trinajstić information content (AvgIpc) is 2.36. The second kappa shape index (κ2) is 5.94. The van der Waals surface area contributed by atoms with Crippen molar-refractivity contribution in [1.29, 1.82) is 0 Å². The number of non-ortho nitro benzene ring substituents is 1. The van der Waals surface area contributed by atoms with Crippen LogP contribution >= 0.6 is 0 Å². The van der Waals surface area contributed by atoms with E-state index in [0.29, 0.717) is 19.5 Å². The van der Waals surface area contributed by atoms with Crippen molar-refractivity contribution in [3.63, 3.8) is 0 Å². The number of rotatable bonds is 4. The Hall–Kier alpha value is -1.74. The highest BCUT2D eigenvalue weighted by molar-refractivity contribution is 7.89. The molecule has 21 heavy (non-hydrogen) atoms. The van der Waals surface area contributed by atoms with E-state index in [4.69, 9.17) is 5.14 Å². The summed E-state index contributed by atoms with van der Waals surface area (Å²) in [6.07, 6.45) is 1.43. The lowest BCUT2D eigenvalue weighted by Gasteiger charge is -2.34. The zero-order chi connectivity index (χ0) is 15.6. The second-order valence-corrected chi connectivity index (χ2v) is 6.84. The SMILES string of the molecule is NS(=O)(=O)C[C@H]1CCCN(c2ccc([N+](=O)[O-])cc2F)C1. The van der Waals surface area contributed by atoms with Crippen LogP contribution in [0.3, 0.4) is 0 Å². The first-order chi connectivity index (χ1) is 9.76. The van der Waals surface area contributed by atoms with E-state index in [0.717, 1.165) is 12.5 Å². The smallest absolute Gasteiger partial charge is 0.272 e. The summed E-state index contributed by atoms with van der Waals surface area (Å²) in [6.45, 7) is 0.945. The molecule has 7 nitrogen and oxygen atoms in total. The third kappa shape index (κ3) is 4.11. The lowest BCUT2D eigenvalue weighted by atomic mass is 9.99. The molecule has 0 saturated carbocycles. The number of hydrogen-bond acceptors (Lipinski definition) is 5. The third-order valence-electron chi connectivity index (χ3n) is 3.47. The molecule has 2 rings (SSSR count). The van der Waals surface area contributed by atoms with Crippen LogP contribution in [0, 0.1) is 21.8 Å². The molecule has 0 aliphatic carbocycles. The molecule has 0 unspecified atom stereocenters. The minimum Gasteiger partial charge on any atom is -0.369 e. The standard InChI is InChI=1S/C12H16FN3O4S/c13-11-6-10(16(17)18)3-4-12(11)15-5-1-2-9(7-15)8-21(14,19)20/h3-4,6,9H,1-2,5,7-8H2,(H2,14,19,20)/t9-/m0/s1. The van der Waals surface area contributed by atoms with Crippen LogP contribution in [0.4, 0.5) is 15.8 Å². The van der Waals surface area contributed by atoms with Gasteiger partial charge in [0.1, 0.15) is 0 Å². The van der Waals surface area contributed by atoms with Crippen LogP contribution in [0.25, 0.3) is 0 Å². The summed E-state index contributed by atoms with van der Waals surface area (Å²) in [4.78, 5) is 11.6. The van der Waals surface area contributed by atoms with Gasteiger partial charge in [0.15, 0.2) is 5.82 Å². The van der Waals surface area contributed by atoms with Crippen molar-refractivity contribution in [2.24, 2.45) is 11.1 Å². The predicted octanol–water partition coefficient (Wildman–Crippen LogP) is 1.24. The van der Waals surface area contributed by atoms with Crippen molar-refractivity contribution >= 4 is 21.4 Å². The number of hydrogen-bond donors (Lipinski definition) is 1. The van der Waals surface area contributed by atoms with E-state index in [1.165, 1.54) is 12.1 Å². The molecule has 1 aromatic carbocycles. The van der Waals surface area contributed by atoms with Gasteiger partial charge in [-0.25, -0.2) is 17.9 Å². The van der Waals surface area contributed by atoms with Gasteiger partial charge in [-0.2, -0.15) is 0 Å². The van der Waals surface area contributed by atoms with Gasteiger partial charge in [-0.3, -0.25) is 10.1 Å². The van der Waals surface area contributed by atoms with E-state index in [1.54, 1.807) is 4.90 Å². The molecule has 0 spiro atoms. The van der Waals surface area contributed by atoms with Crippen molar-refractivity contribution in [3.05, 3.63) is 34.1 Å². The molecule has 116 valence electrons. The van der Waals surface area contributed by atoms with E-state index in [1.807, 2.05) is 0 Å². The zero-order valence-electron chi connectivity index (χ0n) is 11.2. The summed E-state index contributed by atoms with van der Waals surface area (Å²) < 4.78 is 36.2. The maximum atomic E-state index is 14.0. The number of nitro groups is 1. The molecule has 1 saturated heterocycles.